The van der Waals surface area contributed by atoms with E-state index in [9.17, 15) is 18.0 Å². The van der Waals surface area contributed by atoms with Crippen LogP contribution in [0.3, 0.4) is 0 Å². The second-order valence-corrected chi connectivity index (χ2v) is 10.2. The Kier molecular flexibility index (Phi) is 6.15. The fourth-order valence-electron chi connectivity index (χ4n) is 1.70. The molecule has 0 radical (unpaired) electrons. The lowest BCUT2D eigenvalue weighted by Gasteiger charge is -2.13. The van der Waals surface area contributed by atoms with Gasteiger partial charge in [0.2, 0.25) is 15.9 Å². The maximum Gasteiger partial charge on any atom is 0.262 e. The Hall–Kier alpha value is -1.27. The van der Waals surface area contributed by atoms with Crippen LogP contribution in [-0.2, 0) is 21.4 Å². The normalized spacial score (nSPS) is 12.6. The Morgan fingerprint density at radius 1 is 1.25 bits per heavy atom. The van der Waals surface area contributed by atoms with Gasteiger partial charge in [0.15, 0.2) is 0 Å². The van der Waals surface area contributed by atoms with Crippen molar-refractivity contribution in [3.63, 3.8) is 0 Å². The molecule has 0 saturated carbocycles. The molecule has 0 saturated heterocycles. The Balaban J connectivity index is 1.87. The van der Waals surface area contributed by atoms with Gasteiger partial charge >= 0.3 is 0 Å². The third-order valence-corrected chi connectivity index (χ3v) is 7.04. The minimum Gasteiger partial charge on any atom is -0.349 e. The molecule has 0 aliphatic heterocycles. The highest BCUT2D eigenvalue weighted by Crippen LogP contribution is 2.22. The molecule has 0 bridgehead atoms. The molecule has 0 aromatic carbocycles. The summed E-state index contributed by atoms with van der Waals surface area (Å²) in [7, 11) is -3.74. The van der Waals surface area contributed by atoms with Crippen molar-refractivity contribution in [1.29, 1.82) is 0 Å². The third kappa shape index (κ3) is 5.11. The van der Waals surface area contributed by atoms with E-state index in [1.807, 2.05) is 0 Å². The molecule has 130 valence electrons. The molecule has 1 unspecified atom stereocenters. The average Bonchev–Trinajstić information content (AvgIpc) is 3.12. The van der Waals surface area contributed by atoms with Gasteiger partial charge in [-0.1, -0.05) is 0 Å². The maximum atomic E-state index is 12.0. The van der Waals surface area contributed by atoms with Crippen LogP contribution in [0.2, 0.25) is 0 Å². The van der Waals surface area contributed by atoms with Crippen LogP contribution in [0.1, 0.15) is 21.5 Å². The van der Waals surface area contributed by atoms with Crippen molar-refractivity contribution in [1.82, 2.24) is 10.6 Å². The molecule has 4 N–H and O–H groups in total. The van der Waals surface area contributed by atoms with E-state index >= 15 is 0 Å². The number of carbonyl (C=O) groups is 2. The van der Waals surface area contributed by atoms with Crippen LogP contribution in [0.15, 0.2) is 32.3 Å². The molecule has 0 aliphatic carbocycles. The van der Waals surface area contributed by atoms with Crippen molar-refractivity contribution in [3.05, 3.63) is 37.8 Å². The molecule has 1 atom stereocenters. The lowest BCUT2D eigenvalue weighted by Crippen LogP contribution is -2.44. The molecule has 2 rings (SSSR count). The van der Waals surface area contributed by atoms with E-state index in [-0.39, 0.29) is 22.6 Å². The van der Waals surface area contributed by atoms with Gasteiger partial charge in [0.05, 0.1) is 15.2 Å². The van der Waals surface area contributed by atoms with E-state index in [0.29, 0.717) is 9.75 Å². The van der Waals surface area contributed by atoms with Gasteiger partial charge in [-0.2, -0.15) is 0 Å². The van der Waals surface area contributed by atoms with E-state index in [1.165, 1.54) is 17.4 Å². The highest BCUT2D eigenvalue weighted by atomic mass is 79.9. The number of hydrogen-bond donors (Lipinski definition) is 3. The van der Waals surface area contributed by atoms with E-state index in [1.54, 1.807) is 25.1 Å². The Labute approximate surface area is 155 Å². The quantitative estimate of drug-likeness (QED) is 0.618. The number of rotatable bonds is 6. The molecule has 0 fully saturated rings. The van der Waals surface area contributed by atoms with Gasteiger partial charge < -0.3 is 10.6 Å². The summed E-state index contributed by atoms with van der Waals surface area (Å²) < 4.78 is 23.3. The zero-order chi connectivity index (χ0) is 17.9. The number of carbonyl (C=O) groups excluding carboxylic acids is 2. The van der Waals surface area contributed by atoms with Crippen LogP contribution in [0, 0.1) is 0 Å². The summed E-state index contributed by atoms with van der Waals surface area (Å²) in [5.41, 5.74) is 0. The largest absolute Gasteiger partial charge is 0.349 e. The first kappa shape index (κ1) is 19.1. The van der Waals surface area contributed by atoms with Gasteiger partial charge in [-0.25, -0.2) is 13.6 Å². The molecule has 2 aromatic heterocycles. The lowest BCUT2D eigenvalue weighted by molar-refractivity contribution is -0.122. The Morgan fingerprint density at radius 2 is 1.96 bits per heavy atom. The van der Waals surface area contributed by atoms with Crippen LogP contribution in [0.4, 0.5) is 0 Å². The van der Waals surface area contributed by atoms with Crippen molar-refractivity contribution in [2.24, 2.45) is 5.14 Å². The van der Waals surface area contributed by atoms with Gasteiger partial charge in [0, 0.05) is 4.88 Å². The van der Waals surface area contributed by atoms with Crippen molar-refractivity contribution in [2.75, 3.05) is 0 Å². The molecule has 0 aliphatic rings. The van der Waals surface area contributed by atoms with Crippen LogP contribution in [0.5, 0.6) is 0 Å². The van der Waals surface area contributed by atoms with Crippen LogP contribution >= 0.6 is 38.6 Å². The molecular formula is C13H14BrN3O4S3. The summed E-state index contributed by atoms with van der Waals surface area (Å²) in [6, 6.07) is 5.66. The molecule has 2 heterocycles. The minimum absolute atomic E-state index is 0.0383. The summed E-state index contributed by atoms with van der Waals surface area (Å²) in [6.45, 7) is 1.73. The van der Waals surface area contributed by atoms with E-state index < -0.39 is 16.1 Å². The molecule has 2 amide bonds. The van der Waals surface area contributed by atoms with Gasteiger partial charge in [-0.3, -0.25) is 9.59 Å². The highest BCUT2D eigenvalue weighted by Gasteiger charge is 2.18. The van der Waals surface area contributed by atoms with Crippen LogP contribution < -0.4 is 15.8 Å². The Bertz CT molecular complexity index is 859. The summed E-state index contributed by atoms with van der Waals surface area (Å²) in [6.07, 6.45) is 0. The highest BCUT2D eigenvalue weighted by molar-refractivity contribution is 9.11. The number of nitrogens with two attached hydrogens (primary N) is 1. The first-order valence-corrected chi connectivity index (χ1v) is 10.6. The minimum atomic E-state index is -3.74. The molecule has 24 heavy (non-hydrogen) atoms. The van der Waals surface area contributed by atoms with Crippen molar-refractivity contribution in [2.45, 2.75) is 23.7 Å². The number of primary sulfonamides is 1. The molecular weight excluding hydrogens is 438 g/mol. The molecule has 2 aromatic rings. The van der Waals surface area contributed by atoms with Crippen LogP contribution in [-0.4, -0.2) is 26.3 Å². The first-order chi connectivity index (χ1) is 11.2. The molecule has 11 heteroatoms. The van der Waals surface area contributed by atoms with Crippen molar-refractivity contribution >= 4 is 60.4 Å². The standard InChI is InChI=1S/C13H14BrN3O4S3/c1-7(17-13(19)9-3-4-10(14)23-9)12(18)16-6-8-2-5-11(22-8)24(15,20)21/h2-5,7H,6H2,1H3,(H,16,18)(H,17,19)(H2,15,20,21). The van der Waals surface area contributed by atoms with Crippen molar-refractivity contribution < 1.29 is 18.0 Å². The third-order valence-electron chi connectivity index (χ3n) is 2.89. The lowest BCUT2D eigenvalue weighted by atomic mass is 10.3. The number of amides is 2. The number of thiophene rings is 2. The summed E-state index contributed by atoms with van der Waals surface area (Å²) in [4.78, 5) is 25.1. The number of halogens is 1. The summed E-state index contributed by atoms with van der Waals surface area (Å²) in [5.74, 6) is -0.703. The Morgan fingerprint density at radius 3 is 2.50 bits per heavy atom. The van der Waals surface area contributed by atoms with Crippen LogP contribution in [0.25, 0.3) is 0 Å². The van der Waals surface area contributed by atoms with Gasteiger partial charge in [0.1, 0.15) is 10.3 Å². The summed E-state index contributed by atoms with van der Waals surface area (Å²) in [5, 5.41) is 10.3. The fraction of sp³-hybridized carbons (Fsp3) is 0.231. The second-order valence-electron chi connectivity index (χ2n) is 4.78. The van der Waals surface area contributed by atoms with Crippen molar-refractivity contribution in [3.8, 4) is 0 Å². The second kappa shape index (κ2) is 7.74. The maximum absolute atomic E-state index is 12.0. The van der Waals surface area contributed by atoms with E-state index in [4.69, 9.17) is 5.14 Å². The average molecular weight is 452 g/mol. The van der Waals surface area contributed by atoms with Gasteiger partial charge in [0.25, 0.3) is 5.91 Å². The summed E-state index contributed by atoms with van der Waals surface area (Å²) >= 11 is 5.53. The molecule has 7 nitrogen and oxygen atoms in total. The fourth-order valence-corrected chi connectivity index (χ4v) is 4.71. The van der Waals surface area contributed by atoms with Gasteiger partial charge in [-0.05, 0) is 47.1 Å². The topological polar surface area (TPSA) is 118 Å². The molecule has 0 spiro atoms. The van der Waals surface area contributed by atoms with Gasteiger partial charge in [-0.15, -0.1) is 22.7 Å². The number of nitrogens with one attached hydrogen (secondary N) is 2. The van der Waals surface area contributed by atoms with E-state index in [0.717, 1.165) is 15.1 Å². The zero-order valence-electron chi connectivity index (χ0n) is 12.4. The zero-order valence-corrected chi connectivity index (χ0v) is 16.4. The monoisotopic (exact) mass is 451 g/mol. The SMILES string of the molecule is CC(NC(=O)c1ccc(Br)s1)C(=O)NCc1ccc(S(N)(=O)=O)s1. The smallest absolute Gasteiger partial charge is 0.262 e. The number of hydrogen-bond acceptors (Lipinski definition) is 6. The first-order valence-electron chi connectivity index (χ1n) is 6.62. The number of sulfonamides is 1. The predicted molar refractivity (Wildman–Crippen MR) is 96.5 cm³/mol. The predicted octanol–water partition coefficient (Wildman–Crippen LogP) is 1.65. The van der Waals surface area contributed by atoms with E-state index in [2.05, 4.69) is 26.6 Å².